The molecule has 2 rings (SSSR count). The summed E-state index contributed by atoms with van der Waals surface area (Å²) in [4.78, 5) is 26.9. The van der Waals surface area contributed by atoms with Crippen molar-refractivity contribution >= 4 is 11.9 Å². The van der Waals surface area contributed by atoms with Crippen LogP contribution in [0.15, 0.2) is 18.2 Å². The summed E-state index contributed by atoms with van der Waals surface area (Å²) in [5, 5.41) is 0. The van der Waals surface area contributed by atoms with E-state index in [-0.39, 0.29) is 23.8 Å². The summed E-state index contributed by atoms with van der Waals surface area (Å²) in [5.74, 6) is -0.137. The summed E-state index contributed by atoms with van der Waals surface area (Å²) in [6.07, 6.45) is 1.17. The Morgan fingerprint density at radius 2 is 1.83 bits per heavy atom. The molecule has 1 aliphatic rings. The molecule has 0 radical (unpaired) electrons. The van der Waals surface area contributed by atoms with Gasteiger partial charge in [0.25, 0.3) is 0 Å². The molecule has 0 spiro atoms. The van der Waals surface area contributed by atoms with E-state index in [0.29, 0.717) is 13.0 Å². The summed E-state index contributed by atoms with van der Waals surface area (Å²) >= 11 is 0. The molecule has 1 heterocycles. The maximum Gasteiger partial charge on any atom is 0.329 e. The fourth-order valence-corrected chi connectivity index (χ4v) is 3.67. The van der Waals surface area contributed by atoms with Crippen LogP contribution in [0.2, 0.25) is 0 Å². The Morgan fingerprint density at radius 1 is 1.22 bits per heavy atom. The minimum Gasteiger partial charge on any atom is -0.464 e. The Balaban J connectivity index is 2.23. The van der Waals surface area contributed by atoms with Crippen LogP contribution in [-0.2, 0) is 20.7 Å². The van der Waals surface area contributed by atoms with E-state index >= 15 is 0 Å². The zero-order valence-corrected chi connectivity index (χ0v) is 14.8. The van der Waals surface area contributed by atoms with Crippen LogP contribution in [0.25, 0.3) is 0 Å². The van der Waals surface area contributed by atoms with E-state index in [9.17, 15) is 9.59 Å². The third-order valence-corrected chi connectivity index (χ3v) is 4.81. The number of hydrogen-bond donors (Lipinski definition) is 0. The maximum absolute atomic E-state index is 12.9. The van der Waals surface area contributed by atoms with Gasteiger partial charge in [-0.2, -0.15) is 0 Å². The van der Waals surface area contributed by atoms with Gasteiger partial charge in [0.1, 0.15) is 6.04 Å². The monoisotopic (exact) mass is 317 g/mol. The topological polar surface area (TPSA) is 46.6 Å². The van der Waals surface area contributed by atoms with E-state index in [1.807, 2.05) is 45.9 Å². The molecule has 4 heteroatoms. The van der Waals surface area contributed by atoms with Gasteiger partial charge in [0, 0.05) is 6.04 Å². The van der Waals surface area contributed by atoms with Crippen molar-refractivity contribution < 1.29 is 14.3 Å². The standard InChI is InChI=1S/C19H27NO3/c1-6-23-19(22)18-14(4)10-15(5)20(18)17(21)11-16-12(2)8-7-9-13(16)3/h7-9,14-15,18H,6,10-11H2,1-5H3. The van der Waals surface area contributed by atoms with Gasteiger partial charge >= 0.3 is 5.97 Å². The van der Waals surface area contributed by atoms with Crippen molar-refractivity contribution in [3.63, 3.8) is 0 Å². The van der Waals surface area contributed by atoms with Crippen molar-refractivity contribution in [1.29, 1.82) is 0 Å². The van der Waals surface area contributed by atoms with E-state index in [2.05, 4.69) is 0 Å². The molecule has 0 saturated carbocycles. The smallest absolute Gasteiger partial charge is 0.329 e. The predicted molar refractivity (Wildman–Crippen MR) is 90.1 cm³/mol. The predicted octanol–water partition coefficient (Wildman–Crippen LogP) is 3.03. The van der Waals surface area contributed by atoms with Gasteiger partial charge in [0.2, 0.25) is 5.91 Å². The van der Waals surface area contributed by atoms with Crippen LogP contribution < -0.4 is 0 Å². The Morgan fingerprint density at radius 3 is 2.39 bits per heavy atom. The highest BCUT2D eigenvalue weighted by atomic mass is 16.5. The molecule has 23 heavy (non-hydrogen) atoms. The zero-order chi connectivity index (χ0) is 17.1. The van der Waals surface area contributed by atoms with Crippen LogP contribution in [-0.4, -0.2) is 35.5 Å². The molecule has 4 nitrogen and oxygen atoms in total. The summed E-state index contributed by atoms with van der Waals surface area (Å²) < 4.78 is 5.19. The fraction of sp³-hybridized carbons (Fsp3) is 0.579. The Labute approximate surface area is 138 Å². The summed E-state index contributed by atoms with van der Waals surface area (Å²) in [7, 11) is 0. The molecule has 126 valence electrons. The first-order valence-electron chi connectivity index (χ1n) is 8.39. The number of amides is 1. The molecule has 3 unspecified atom stereocenters. The van der Waals surface area contributed by atoms with Crippen molar-refractivity contribution in [1.82, 2.24) is 4.90 Å². The van der Waals surface area contributed by atoms with Crippen molar-refractivity contribution in [2.45, 2.75) is 59.5 Å². The number of esters is 1. The summed E-state index contributed by atoms with van der Waals surface area (Å²) in [6, 6.07) is 5.65. The second-order valence-electron chi connectivity index (χ2n) is 6.61. The molecule has 1 saturated heterocycles. The van der Waals surface area contributed by atoms with Gasteiger partial charge in [-0.25, -0.2) is 4.79 Å². The van der Waals surface area contributed by atoms with Crippen LogP contribution >= 0.6 is 0 Å². The first-order chi connectivity index (χ1) is 10.9. The molecule has 0 aromatic heterocycles. The van der Waals surface area contributed by atoms with Crippen molar-refractivity contribution in [3.05, 3.63) is 34.9 Å². The Kier molecular flexibility index (Phi) is 5.45. The molecule has 1 fully saturated rings. The van der Waals surface area contributed by atoms with Crippen molar-refractivity contribution in [2.75, 3.05) is 6.61 Å². The molecule has 1 aromatic rings. The van der Waals surface area contributed by atoms with Crippen molar-refractivity contribution in [2.24, 2.45) is 5.92 Å². The SMILES string of the molecule is CCOC(=O)C1C(C)CC(C)N1C(=O)Cc1c(C)cccc1C. The summed E-state index contributed by atoms with van der Waals surface area (Å²) in [5.41, 5.74) is 3.30. The Bertz CT molecular complexity index is 576. The first kappa shape index (κ1) is 17.5. The zero-order valence-electron chi connectivity index (χ0n) is 14.8. The largest absolute Gasteiger partial charge is 0.464 e. The maximum atomic E-state index is 12.9. The lowest BCUT2D eigenvalue weighted by Gasteiger charge is -2.29. The molecule has 1 aliphatic heterocycles. The highest BCUT2D eigenvalue weighted by molar-refractivity contribution is 5.87. The molecule has 3 atom stereocenters. The molecular weight excluding hydrogens is 290 g/mol. The fourth-order valence-electron chi connectivity index (χ4n) is 3.67. The van der Waals surface area contributed by atoms with Crippen LogP contribution in [0, 0.1) is 19.8 Å². The number of carbonyl (C=O) groups excluding carboxylic acids is 2. The number of benzene rings is 1. The number of aryl methyl sites for hydroxylation is 2. The molecular formula is C19H27NO3. The highest BCUT2D eigenvalue weighted by Gasteiger charge is 2.44. The van der Waals surface area contributed by atoms with Gasteiger partial charge in [0.15, 0.2) is 0 Å². The average Bonchev–Trinajstić information content (AvgIpc) is 2.77. The van der Waals surface area contributed by atoms with Crippen LogP contribution in [0.5, 0.6) is 0 Å². The van der Waals surface area contributed by atoms with Crippen LogP contribution in [0.3, 0.4) is 0 Å². The molecule has 1 aromatic carbocycles. The lowest BCUT2D eigenvalue weighted by molar-refractivity contribution is -0.155. The van der Waals surface area contributed by atoms with E-state index in [0.717, 1.165) is 23.1 Å². The third-order valence-electron chi connectivity index (χ3n) is 4.81. The van der Waals surface area contributed by atoms with Gasteiger partial charge in [0.05, 0.1) is 13.0 Å². The minimum absolute atomic E-state index is 0.0114. The highest BCUT2D eigenvalue weighted by Crippen LogP contribution is 2.31. The number of ether oxygens (including phenoxy) is 1. The second-order valence-corrected chi connectivity index (χ2v) is 6.61. The number of nitrogens with zero attached hydrogens (tertiary/aromatic N) is 1. The number of rotatable bonds is 4. The lowest BCUT2D eigenvalue weighted by Crippen LogP contribution is -2.47. The van der Waals surface area contributed by atoms with Gasteiger partial charge in [-0.05, 0) is 56.7 Å². The van der Waals surface area contributed by atoms with E-state index in [4.69, 9.17) is 4.74 Å². The van der Waals surface area contributed by atoms with Crippen LogP contribution in [0.1, 0.15) is 43.9 Å². The Hall–Kier alpha value is -1.84. The van der Waals surface area contributed by atoms with Gasteiger partial charge in [-0.3, -0.25) is 4.79 Å². The van der Waals surface area contributed by atoms with Gasteiger partial charge < -0.3 is 9.64 Å². The van der Waals surface area contributed by atoms with E-state index in [1.165, 1.54) is 0 Å². The molecule has 0 aliphatic carbocycles. The average molecular weight is 317 g/mol. The second kappa shape index (κ2) is 7.16. The van der Waals surface area contributed by atoms with Gasteiger partial charge in [-0.15, -0.1) is 0 Å². The number of carbonyl (C=O) groups is 2. The molecule has 0 N–H and O–H groups in total. The number of hydrogen-bond acceptors (Lipinski definition) is 3. The number of likely N-dealkylation sites (tertiary alicyclic amines) is 1. The molecule has 1 amide bonds. The third kappa shape index (κ3) is 3.57. The van der Waals surface area contributed by atoms with E-state index < -0.39 is 6.04 Å². The first-order valence-corrected chi connectivity index (χ1v) is 8.39. The summed E-state index contributed by atoms with van der Waals surface area (Å²) in [6.45, 7) is 10.2. The van der Waals surface area contributed by atoms with Gasteiger partial charge in [-0.1, -0.05) is 25.1 Å². The molecule has 0 bridgehead atoms. The normalized spacial score (nSPS) is 23.9. The van der Waals surface area contributed by atoms with Crippen molar-refractivity contribution in [3.8, 4) is 0 Å². The lowest BCUT2D eigenvalue weighted by atomic mass is 9.99. The van der Waals surface area contributed by atoms with Crippen LogP contribution in [0.4, 0.5) is 0 Å². The quantitative estimate of drug-likeness (QED) is 0.802. The minimum atomic E-state index is -0.457. The van der Waals surface area contributed by atoms with E-state index in [1.54, 1.807) is 11.8 Å².